The number of para-hydroxylation sites is 1. The summed E-state index contributed by atoms with van der Waals surface area (Å²) in [5, 5.41) is 5.19. The van der Waals surface area contributed by atoms with Crippen LogP contribution in [0, 0.1) is 6.92 Å². The maximum atomic E-state index is 12.2. The molecule has 19 heavy (non-hydrogen) atoms. The molecule has 0 radical (unpaired) electrons. The van der Waals surface area contributed by atoms with Crippen molar-refractivity contribution in [3.8, 4) is 5.69 Å². The highest BCUT2D eigenvalue weighted by molar-refractivity contribution is 9.10. The Kier molecular flexibility index (Phi) is 3.23. The number of nitrogens with zero attached hydrogens (tertiary/aromatic N) is 2. The van der Waals surface area contributed by atoms with Crippen molar-refractivity contribution in [3.63, 3.8) is 0 Å². The van der Waals surface area contributed by atoms with Crippen LogP contribution in [0.1, 0.15) is 28.2 Å². The molecule has 3 rings (SSSR count). The van der Waals surface area contributed by atoms with Crippen molar-refractivity contribution >= 4 is 33.3 Å². The van der Waals surface area contributed by atoms with Gasteiger partial charge in [-0.15, -0.1) is 0 Å². The topological polar surface area (TPSA) is 34.9 Å². The molecule has 1 aromatic carbocycles. The number of Topliss-reactive ketones (excluding diaryl/α,β-unsaturated/α-hetero) is 1. The van der Waals surface area contributed by atoms with Gasteiger partial charge >= 0.3 is 0 Å². The quantitative estimate of drug-likeness (QED) is 0.742. The van der Waals surface area contributed by atoms with Crippen molar-refractivity contribution in [2.45, 2.75) is 24.6 Å². The highest BCUT2D eigenvalue weighted by Gasteiger charge is 2.31. The van der Waals surface area contributed by atoms with Gasteiger partial charge in [0, 0.05) is 0 Å². The van der Waals surface area contributed by atoms with Crippen molar-refractivity contribution < 1.29 is 4.79 Å². The van der Waals surface area contributed by atoms with E-state index in [1.165, 1.54) is 0 Å². The molecule has 1 aliphatic rings. The third-order valence-electron chi connectivity index (χ3n) is 3.43. The van der Waals surface area contributed by atoms with E-state index in [1.54, 1.807) is 4.68 Å². The van der Waals surface area contributed by atoms with E-state index in [0.717, 1.165) is 35.5 Å². The molecular formula is C14H12BrClN2O. The molecule has 0 aliphatic heterocycles. The van der Waals surface area contributed by atoms with Crippen LogP contribution in [-0.4, -0.2) is 20.4 Å². The van der Waals surface area contributed by atoms with E-state index in [9.17, 15) is 4.79 Å². The Morgan fingerprint density at radius 1 is 1.42 bits per heavy atom. The van der Waals surface area contributed by atoms with E-state index >= 15 is 0 Å². The Morgan fingerprint density at radius 2 is 2.16 bits per heavy atom. The molecule has 5 heteroatoms. The van der Waals surface area contributed by atoms with Gasteiger partial charge in [0.2, 0.25) is 0 Å². The van der Waals surface area contributed by atoms with Gasteiger partial charge in [-0.2, -0.15) is 5.10 Å². The highest BCUT2D eigenvalue weighted by Crippen LogP contribution is 2.30. The van der Waals surface area contributed by atoms with Crippen LogP contribution in [0.2, 0.25) is 5.02 Å². The van der Waals surface area contributed by atoms with Crippen molar-refractivity contribution in [1.29, 1.82) is 0 Å². The first-order chi connectivity index (χ1) is 9.09. The normalized spacial score (nSPS) is 18.5. The number of aromatic nitrogens is 2. The van der Waals surface area contributed by atoms with Crippen molar-refractivity contribution in [2.24, 2.45) is 0 Å². The molecular weight excluding hydrogens is 328 g/mol. The van der Waals surface area contributed by atoms with Crippen molar-refractivity contribution in [2.75, 3.05) is 0 Å². The second kappa shape index (κ2) is 4.76. The maximum absolute atomic E-state index is 12.2. The van der Waals surface area contributed by atoms with Crippen molar-refractivity contribution in [1.82, 2.24) is 9.78 Å². The largest absolute Gasteiger partial charge is 0.293 e. The molecule has 1 heterocycles. The molecule has 98 valence electrons. The monoisotopic (exact) mass is 338 g/mol. The Balaban J connectivity index is 2.19. The molecule has 3 nitrogen and oxygen atoms in total. The van der Waals surface area contributed by atoms with Gasteiger partial charge in [-0.25, -0.2) is 4.68 Å². The smallest absolute Gasteiger partial charge is 0.180 e. The molecule has 0 amide bonds. The number of hydrogen-bond acceptors (Lipinski definition) is 2. The average molecular weight is 340 g/mol. The fourth-order valence-electron chi connectivity index (χ4n) is 2.47. The van der Waals surface area contributed by atoms with Crippen LogP contribution >= 0.6 is 27.5 Å². The first kappa shape index (κ1) is 12.9. The number of hydrogen-bond donors (Lipinski definition) is 0. The number of alkyl halides is 1. The molecule has 0 N–H and O–H groups in total. The summed E-state index contributed by atoms with van der Waals surface area (Å²) in [5.41, 5.74) is 3.29. The molecule has 1 unspecified atom stereocenters. The zero-order chi connectivity index (χ0) is 13.6. The number of carbonyl (C=O) groups excluding carboxylic acids is 1. The zero-order valence-electron chi connectivity index (χ0n) is 10.4. The minimum Gasteiger partial charge on any atom is -0.293 e. The number of aryl methyl sites for hydroxylation is 1. The minimum absolute atomic E-state index is 0.0948. The summed E-state index contributed by atoms with van der Waals surface area (Å²) in [4.78, 5) is 12.1. The van der Waals surface area contributed by atoms with E-state index in [-0.39, 0.29) is 10.6 Å². The van der Waals surface area contributed by atoms with Gasteiger partial charge in [-0.1, -0.05) is 39.7 Å². The fraction of sp³-hybridized carbons (Fsp3) is 0.286. The number of carbonyl (C=O) groups is 1. The van der Waals surface area contributed by atoms with Crippen LogP contribution in [0.15, 0.2) is 24.3 Å². The minimum atomic E-state index is -0.0948. The third-order valence-corrected chi connectivity index (χ3v) is 4.63. The fourth-order valence-corrected chi connectivity index (χ4v) is 3.14. The first-order valence-corrected chi connectivity index (χ1v) is 7.40. The van der Waals surface area contributed by atoms with Crippen LogP contribution in [0.4, 0.5) is 0 Å². The van der Waals surface area contributed by atoms with Gasteiger partial charge in [0.05, 0.1) is 32.5 Å². The van der Waals surface area contributed by atoms with Crippen LogP contribution in [0.5, 0.6) is 0 Å². The van der Waals surface area contributed by atoms with E-state index < -0.39 is 0 Å². The van der Waals surface area contributed by atoms with Gasteiger partial charge < -0.3 is 0 Å². The van der Waals surface area contributed by atoms with Gasteiger partial charge in [0.25, 0.3) is 0 Å². The lowest BCUT2D eigenvalue weighted by molar-refractivity contribution is 0.0981. The van der Waals surface area contributed by atoms with Gasteiger partial charge in [0.1, 0.15) is 0 Å². The summed E-state index contributed by atoms with van der Waals surface area (Å²) < 4.78 is 1.77. The second-order valence-corrected chi connectivity index (χ2v) is 6.15. The molecule has 1 atom stereocenters. The van der Waals surface area contributed by atoms with E-state index in [1.807, 2.05) is 31.2 Å². The summed E-state index contributed by atoms with van der Waals surface area (Å²) in [6, 6.07) is 7.52. The van der Waals surface area contributed by atoms with E-state index in [4.69, 9.17) is 11.6 Å². The molecule has 0 saturated heterocycles. The number of rotatable bonds is 1. The predicted molar refractivity (Wildman–Crippen MR) is 78.7 cm³/mol. The lowest BCUT2D eigenvalue weighted by Crippen LogP contribution is -2.22. The molecule has 0 bridgehead atoms. The number of fused-ring (bicyclic) bond motifs is 1. The number of benzene rings is 1. The van der Waals surface area contributed by atoms with Crippen LogP contribution in [0.25, 0.3) is 5.69 Å². The van der Waals surface area contributed by atoms with Crippen molar-refractivity contribution in [3.05, 3.63) is 46.2 Å². The maximum Gasteiger partial charge on any atom is 0.180 e. The average Bonchev–Trinajstić information content (AvgIpc) is 2.73. The summed E-state index contributed by atoms with van der Waals surface area (Å²) in [7, 11) is 0. The summed E-state index contributed by atoms with van der Waals surface area (Å²) in [5.74, 6) is 0.122. The molecule has 0 fully saturated rings. The summed E-state index contributed by atoms with van der Waals surface area (Å²) >= 11 is 9.63. The SMILES string of the molecule is Cc1c2c(nn1-c1ccccc1Cl)CCC(Br)C2=O. The Labute approximate surface area is 124 Å². The molecule has 0 saturated carbocycles. The number of halogens is 2. The van der Waals surface area contributed by atoms with Gasteiger partial charge in [0.15, 0.2) is 5.78 Å². The van der Waals surface area contributed by atoms with Crippen LogP contribution in [-0.2, 0) is 6.42 Å². The zero-order valence-corrected chi connectivity index (χ0v) is 12.7. The first-order valence-electron chi connectivity index (χ1n) is 6.11. The summed E-state index contributed by atoms with van der Waals surface area (Å²) in [6.07, 6.45) is 1.61. The van der Waals surface area contributed by atoms with Crippen LogP contribution in [0.3, 0.4) is 0 Å². The molecule has 0 spiro atoms. The Hall–Kier alpha value is -1.13. The molecule has 2 aromatic rings. The standard InChI is InChI=1S/C14H12BrClN2O/c1-8-13-11(7-6-9(15)14(13)19)17-18(8)12-5-3-2-4-10(12)16/h2-5,9H,6-7H2,1H3. The summed E-state index contributed by atoms with van der Waals surface area (Å²) in [6.45, 7) is 1.91. The van der Waals surface area contributed by atoms with Gasteiger partial charge in [-0.3, -0.25) is 4.79 Å². The Morgan fingerprint density at radius 3 is 2.89 bits per heavy atom. The molecule has 1 aliphatic carbocycles. The van der Waals surface area contributed by atoms with Crippen LogP contribution < -0.4 is 0 Å². The Bertz CT molecular complexity index is 665. The second-order valence-electron chi connectivity index (χ2n) is 4.64. The predicted octanol–water partition coefficient (Wildman–Crippen LogP) is 3.73. The third kappa shape index (κ3) is 2.03. The molecule has 1 aromatic heterocycles. The van der Waals surface area contributed by atoms with E-state index in [0.29, 0.717) is 5.02 Å². The van der Waals surface area contributed by atoms with Gasteiger partial charge in [-0.05, 0) is 31.9 Å². The highest BCUT2D eigenvalue weighted by atomic mass is 79.9. The lowest BCUT2D eigenvalue weighted by atomic mass is 9.95. The lowest BCUT2D eigenvalue weighted by Gasteiger charge is -2.14. The van der Waals surface area contributed by atoms with E-state index in [2.05, 4.69) is 21.0 Å². The number of ketones is 1.